The van der Waals surface area contributed by atoms with Crippen molar-refractivity contribution in [2.24, 2.45) is 10.8 Å². The zero-order chi connectivity index (χ0) is 12.2. The van der Waals surface area contributed by atoms with E-state index in [1.54, 1.807) is 41.5 Å². The van der Waals surface area contributed by atoms with Gasteiger partial charge in [-0.25, -0.2) is 0 Å². The Morgan fingerprint density at radius 3 is 0.812 bits per heavy atom. The zero-order valence-corrected chi connectivity index (χ0v) is 12.5. The van der Waals surface area contributed by atoms with Crippen molar-refractivity contribution in [2.75, 3.05) is 0 Å². The maximum atomic E-state index is 9.91. The molecule has 0 aliphatic carbocycles. The van der Waals surface area contributed by atoms with Gasteiger partial charge in [0.1, 0.15) is 0 Å². The van der Waals surface area contributed by atoms with E-state index >= 15 is 0 Å². The number of carbonyl (C=O) groups excluding carboxylic acids is 2. The van der Waals surface area contributed by atoms with Gasteiger partial charge in [0.05, 0.1) is 0 Å². The van der Waals surface area contributed by atoms with Gasteiger partial charge >= 0.3 is 37.7 Å². The largest absolute Gasteiger partial charge is 2.00 e. The molecule has 0 saturated heterocycles. The second kappa shape index (κ2) is 9.25. The van der Waals surface area contributed by atoms with E-state index < -0.39 is 22.8 Å². The van der Waals surface area contributed by atoms with Crippen molar-refractivity contribution in [1.29, 1.82) is 0 Å². The summed E-state index contributed by atoms with van der Waals surface area (Å²) in [6.45, 7) is 9.60. The van der Waals surface area contributed by atoms with Crippen molar-refractivity contribution < 1.29 is 19.8 Å². The van der Waals surface area contributed by atoms with Gasteiger partial charge in [0.25, 0.3) is 0 Å². The van der Waals surface area contributed by atoms with Gasteiger partial charge in [-0.15, -0.1) is 0 Å². The number of carboxylic acids is 2. The smallest absolute Gasteiger partial charge is 0.550 e. The normalized spacial score (nSPS) is 9.88. The predicted octanol–water partition coefficient (Wildman–Crippen LogP) is -0.180. The first-order chi connectivity index (χ1) is 5.89. The number of hydrogen-bond donors (Lipinski definition) is 0. The molecule has 0 aromatic carbocycles. The van der Waals surface area contributed by atoms with Crippen LogP contribution in [0.15, 0.2) is 0 Å². The van der Waals surface area contributed by atoms with Crippen LogP contribution in [-0.4, -0.2) is 49.7 Å². The maximum Gasteiger partial charge on any atom is 2.00 e. The fraction of sp³-hybridized carbons (Fsp3) is 0.818. The molecule has 0 saturated carbocycles. The maximum absolute atomic E-state index is 9.91. The van der Waals surface area contributed by atoms with Crippen LogP contribution in [0.2, 0.25) is 0 Å². The third kappa shape index (κ3) is 16.6. The van der Waals surface area contributed by atoms with Crippen molar-refractivity contribution in [2.45, 2.75) is 49.0 Å². The molecule has 0 amide bonds. The summed E-state index contributed by atoms with van der Waals surface area (Å²) < 4.78 is 0. The van der Waals surface area contributed by atoms with E-state index in [1.165, 1.54) is 0 Å². The molecule has 0 aliphatic heterocycles. The molecule has 0 rings (SSSR count). The molecule has 0 atom stereocenters. The summed E-state index contributed by atoms with van der Waals surface area (Å²) in [7, 11) is 0. The molecule has 0 heterocycles. The number of rotatable bonds is 0. The van der Waals surface area contributed by atoms with Gasteiger partial charge in [-0.2, -0.15) is 0 Å². The second-order valence-corrected chi connectivity index (χ2v) is 5.07. The van der Waals surface area contributed by atoms with Crippen LogP contribution in [0.4, 0.5) is 0 Å². The molecule has 0 spiro atoms. The van der Waals surface area contributed by atoms with E-state index in [2.05, 4.69) is 0 Å². The quantitative estimate of drug-likeness (QED) is 0.565. The predicted molar refractivity (Wildman–Crippen MR) is 61.4 cm³/mol. The minimum Gasteiger partial charge on any atom is -0.550 e. The van der Waals surface area contributed by atoms with Crippen LogP contribution in [0.25, 0.3) is 0 Å². The molecule has 0 aromatic heterocycles. The summed E-state index contributed by atoms with van der Waals surface area (Å²) in [4.78, 5) is 19.8. The summed E-state index contributed by atoms with van der Waals surface area (Å²) in [5.74, 6) is -2.01. The van der Waals surface area contributed by atoms with Crippen LogP contribution < -0.4 is 10.2 Å². The zero-order valence-electron chi connectivity index (χ0n) is 10.3. The standard InChI is InChI=1S/2C5H10O2.CH4.Ca/c2*1-5(2,3)4(6)7;;/h2*1-3H3,(H,6,7);1H4;/q;;;+2/p-2. The molecule has 4 nitrogen and oxygen atoms in total. The summed E-state index contributed by atoms with van der Waals surface area (Å²) in [5.41, 5.74) is -1.39. The van der Waals surface area contributed by atoms with Crippen molar-refractivity contribution in [3.63, 3.8) is 0 Å². The Kier molecular flexibility index (Phi) is 14.5. The Balaban J connectivity index is -0.0000000800. The third-order valence-electron chi connectivity index (χ3n) is 1.22. The molecular formula is C11H22CaO4. The summed E-state index contributed by atoms with van der Waals surface area (Å²) in [6, 6.07) is 0. The first kappa shape index (κ1) is 25.1. The van der Waals surface area contributed by atoms with Gasteiger partial charge < -0.3 is 19.8 Å². The van der Waals surface area contributed by atoms with Gasteiger partial charge in [0.15, 0.2) is 0 Å². The van der Waals surface area contributed by atoms with Crippen molar-refractivity contribution in [3.05, 3.63) is 0 Å². The SMILES string of the molecule is C.CC(C)(C)C(=O)[O-].CC(C)(C)C(=O)[O-].[Ca+2]. The van der Waals surface area contributed by atoms with Crippen LogP contribution in [0.3, 0.4) is 0 Å². The first-order valence-corrected chi connectivity index (χ1v) is 4.32. The van der Waals surface area contributed by atoms with E-state index in [0.29, 0.717) is 0 Å². The van der Waals surface area contributed by atoms with Gasteiger partial charge in [0, 0.05) is 22.8 Å². The number of carboxylic acid groups (broad SMARTS) is 2. The first-order valence-electron chi connectivity index (χ1n) is 4.32. The summed E-state index contributed by atoms with van der Waals surface area (Å²) in [6.07, 6.45) is 0. The van der Waals surface area contributed by atoms with Gasteiger partial charge in [-0.1, -0.05) is 49.0 Å². The van der Waals surface area contributed by atoms with E-state index in [9.17, 15) is 19.8 Å². The molecule has 92 valence electrons. The Morgan fingerprint density at radius 1 is 0.750 bits per heavy atom. The van der Waals surface area contributed by atoms with E-state index in [0.717, 1.165) is 0 Å². The Bertz CT molecular complexity index is 187. The van der Waals surface area contributed by atoms with Crippen molar-refractivity contribution in [1.82, 2.24) is 0 Å². The number of hydrogen-bond acceptors (Lipinski definition) is 4. The van der Waals surface area contributed by atoms with E-state index in [-0.39, 0.29) is 45.2 Å². The minimum atomic E-state index is -1.01. The summed E-state index contributed by atoms with van der Waals surface area (Å²) in [5, 5.41) is 19.8. The van der Waals surface area contributed by atoms with E-state index in [1.807, 2.05) is 0 Å². The fourth-order valence-corrected chi connectivity index (χ4v) is 0. The average molecular weight is 258 g/mol. The molecule has 0 aromatic rings. The molecule has 0 radical (unpaired) electrons. The molecular weight excluding hydrogens is 236 g/mol. The topological polar surface area (TPSA) is 80.3 Å². The molecule has 5 heteroatoms. The van der Waals surface area contributed by atoms with Gasteiger partial charge in [0.2, 0.25) is 0 Å². The average Bonchev–Trinajstić information content (AvgIpc) is 1.83. The Hall–Kier alpha value is 0.200. The molecule has 0 aliphatic rings. The van der Waals surface area contributed by atoms with Crippen LogP contribution in [0.5, 0.6) is 0 Å². The molecule has 0 N–H and O–H groups in total. The third-order valence-corrected chi connectivity index (χ3v) is 1.22. The van der Waals surface area contributed by atoms with Crippen LogP contribution in [0, 0.1) is 10.8 Å². The number of carbonyl (C=O) groups is 2. The van der Waals surface area contributed by atoms with E-state index in [4.69, 9.17) is 0 Å². The molecule has 0 fully saturated rings. The monoisotopic (exact) mass is 258 g/mol. The Labute approximate surface area is 128 Å². The van der Waals surface area contributed by atoms with Gasteiger partial charge in [-0.3, -0.25) is 0 Å². The second-order valence-electron chi connectivity index (χ2n) is 5.07. The minimum absolute atomic E-state index is 0. The Morgan fingerprint density at radius 2 is 0.812 bits per heavy atom. The number of aliphatic carboxylic acids is 2. The van der Waals surface area contributed by atoms with Gasteiger partial charge in [-0.05, 0) is 0 Å². The summed E-state index contributed by atoms with van der Waals surface area (Å²) >= 11 is 0. The molecule has 16 heavy (non-hydrogen) atoms. The molecule has 0 bridgehead atoms. The van der Waals surface area contributed by atoms with Crippen molar-refractivity contribution in [3.8, 4) is 0 Å². The van der Waals surface area contributed by atoms with Crippen LogP contribution in [-0.2, 0) is 9.59 Å². The van der Waals surface area contributed by atoms with Crippen molar-refractivity contribution >= 4 is 49.7 Å². The fourth-order valence-electron chi connectivity index (χ4n) is 0. The molecule has 0 unspecified atom stereocenters. The van der Waals surface area contributed by atoms with Crippen LogP contribution in [0.1, 0.15) is 49.0 Å². The van der Waals surface area contributed by atoms with Crippen LogP contribution >= 0.6 is 0 Å².